The van der Waals surface area contributed by atoms with Crippen LogP contribution in [0.15, 0.2) is 0 Å². The number of carboxylic acid groups (broad SMARTS) is 2. The minimum Gasteiger partial charge on any atom is -1.00 e. The predicted molar refractivity (Wildman–Crippen MR) is 28.4 cm³/mol. The summed E-state index contributed by atoms with van der Waals surface area (Å²) in [6.45, 7) is 0. The summed E-state index contributed by atoms with van der Waals surface area (Å²) in [7, 11) is 0. The van der Waals surface area contributed by atoms with Gasteiger partial charge in [0, 0.05) is 22.4 Å². The molecule has 0 aliphatic heterocycles. The van der Waals surface area contributed by atoms with Crippen LogP contribution < -0.4 is 29.6 Å². The van der Waals surface area contributed by atoms with Crippen molar-refractivity contribution in [2.24, 2.45) is 0 Å². The molecule has 0 saturated carbocycles. The summed E-state index contributed by atoms with van der Waals surface area (Å²) < 4.78 is 0. The summed E-state index contributed by atoms with van der Waals surface area (Å²) in [5.74, 6) is -3.54. The Morgan fingerprint density at radius 2 is 1.17 bits per heavy atom. The largest absolute Gasteiger partial charge is 1.00 e. The molecule has 0 rings (SSSR count). The molecule has 12 heavy (non-hydrogen) atoms. The van der Waals surface area contributed by atoms with Crippen LogP contribution in [0.4, 0.5) is 0 Å². The van der Waals surface area contributed by atoms with E-state index in [1.807, 2.05) is 0 Å². The average Bonchev–Trinajstić information content (AvgIpc) is 1.84. The number of hydrogen-bond donors (Lipinski definition) is 4. The Balaban J connectivity index is -0.000000135. The first kappa shape index (κ1) is 18.4. The second kappa shape index (κ2) is 8.21. The molecule has 0 amide bonds. The molecule has 0 bridgehead atoms. The SMILES string of the molecule is O=C(O)C(O)C(O)C(=O)O.[Au].[H-].[Na+]. The zero-order valence-corrected chi connectivity index (χ0v) is 10.2. The molecule has 2 atom stereocenters. The Kier molecular flexibility index (Phi) is 12.6. The summed E-state index contributed by atoms with van der Waals surface area (Å²) >= 11 is 0. The van der Waals surface area contributed by atoms with E-state index in [2.05, 4.69) is 0 Å². The van der Waals surface area contributed by atoms with Gasteiger partial charge in [0.2, 0.25) is 0 Å². The molecule has 71 valence electrons. The Hall–Kier alpha value is 0.600. The zero-order valence-electron chi connectivity index (χ0n) is 7.06. The van der Waals surface area contributed by atoms with Gasteiger partial charge in [0.15, 0.2) is 12.2 Å². The third-order valence-electron chi connectivity index (χ3n) is 0.805. The van der Waals surface area contributed by atoms with Gasteiger partial charge in [0.05, 0.1) is 0 Å². The second-order valence-electron chi connectivity index (χ2n) is 1.57. The van der Waals surface area contributed by atoms with Crippen LogP contribution in [0.5, 0.6) is 0 Å². The molecule has 0 aliphatic carbocycles. The van der Waals surface area contributed by atoms with Gasteiger partial charge in [-0.3, -0.25) is 0 Å². The molecule has 0 aromatic carbocycles. The molecular weight excluding hydrogens is 364 g/mol. The number of carboxylic acids is 2. The topological polar surface area (TPSA) is 115 Å². The first-order chi connectivity index (χ1) is 4.46. The fourth-order valence-corrected chi connectivity index (χ4v) is 0.270. The van der Waals surface area contributed by atoms with Crippen molar-refractivity contribution in [3.63, 3.8) is 0 Å². The molecule has 0 heterocycles. The van der Waals surface area contributed by atoms with Crippen molar-refractivity contribution < 1.29 is 83.4 Å². The molecule has 0 fully saturated rings. The van der Waals surface area contributed by atoms with Crippen LogP contribution in [0.25, 0.3) is 0 Å². The molecule has 2 unspecified atom stereocenters. The van der Waals surface area contributed by atoms with Gasteiger partial charge < -0.3 is 21.9 Å². The number of aliphatic hydroxyl groups excluding tert-OH is 2. The van der Waals surface area contributed by atoms with E-state index in [1.165, 1.54) is 0 Å². The summed E-state index contributed by atoms with van der Waals surface area (Å²) in [4.78, 5) is 19.5. The first-order valence-electron chi connectivity index (χ1n) is 2.28. The van der Waals surface area contributed by atoms with Gasteiger partial charge in [-0.2, -0.15) is 0 Å². The van der Waals surface area contributed by atoms with E-state index in [0.717, 1.165) is 0 Å². The molecule has 1 radical (unpaired) electrons. The first-order valence-corrected chi connectivity index (χ1v) is 2.28. The van der Waals surface area contributed by atoms with Crippen LogP contribution in [0.1, 0.15) is 1.43 Å². The van der Waals surface area contributed by atoms with Crippen LogP contribution in [0.3, 0.4) is 0 Å². The molecule has 0 spiro atoms. The normalized spacial score (nSPS) is 13.2. The fourth-order valence-electron chi connectivity index (χ4n) is 0.270. The summed E-state index contributed by atoms with van der Waals surface area (Å²) in [5, 5.41) is 32.5. The molecule has 8 heteroatoms. The van der Waals surface area contributed by atoms with Gasteiger partial charge in [-0.25, -0.2) is 9.59 Å². The Labute approximate surface area is 107 Å². The predicted octanol–water partition coefficient (Wildman–Crippen LogP) is -5.01. The van der Waals surface area contributed by atoms with E-state index < -0.39 is 24.1 Å². The monoisotopic (exact) mass is 371 g/mol. The van der Waals surface area contributed by atoms with Crippen LogP contribution in [-0.2, 0) is 32.0 Å². The van der Waals surface area contributed by atoms with Gasteiger partial charge in [0.25, 0.3) is 0 Å². The number of aliphatic carboxylic acids is 2. The summed E-state index contributed by atoms with van der Waals surface area (Å²) in [5.41, 5.74) is 0. The summed E-state index contributed by atoms with van der Waals surface area (Å²) in [6.07, 6.45) is -4.53. The molecule has 0 aliphatic rings. The quantitative estimate of drug-likeness (QED) is 0.370. The van der Waals surface area contributed by atoms with Gasteiger partial charge in [0.1, 0.15) is 0 Å². The molecule has 0 saturated heterocycles. The van der Waals surface area contributed by atoms with Gasteiger partial charge in [-0.05, 0) is 0 Å². The minimum atomic E-state index is -2.27. The molecule has 0 aromatic heterocycles. The van der Waals surface area contributed by atoms with E-state index in [-0.39, 0.29) is 53.4 Å². The van der Waals surface area contributed by atoms with Gasteiger partial charge in [-0.15, -0.1) is 0 Å². The molecule has 0 aromatic rings. The molecular formula is C4H7AuNaO6. The van der Waals surface area contributed by atoms with Crippen LogP contribution in [0, 0.1) is 0 Å². The van der Waals surface area contributed by atoms with Crippen molar-refractivity contribution in [1.82, 2.24) is 0 Å². The van der Waals surface area contributed by atoms with Crippen molar-refractivity contribution in [2.75, 3.05) is 0 Å². The van der Waals surface area contributed by atoms with Crippen molar-refractivity contribution in [1.29, 1.82) is 0 Å². The standard InChI is InChI=1S/C4H6O6.Au.Na.H/c5-1(3(7)8)2(6)4(9)10;;;/h1-2,5-6H,(H,7,8)(H,9,10);;;/q;;+1;-1. The van der Waals surface area contributed by atoms with Crippen LogP contribution in [0.2, 0.25) is 0 Å². The van der Waals surface area contributed by atoms with E-state index in [4.69, 9.17) is 20.4 Å². The maximum atomic E-state index is 9.77. The smallest absolute Gasteiger partial charge is 1.00 e. The zero-order chi connectivity index (χ0) is 8.31. The number of aliphatic hydroxyl groups is 2. The second-order valence-corrected chi connectivity index (χ2v) is 1.57. The van der Waals surface area contributed by atoms with E-state index in [0.29, 0.717) is 0 Å². The number of carbonyl (C=O) groups is 2. The van der Waals surface area contributed by atoms with E-state index in [1.54, 1.807) is 0 Å². The van der Waals surface area contributed by atoms with Crippen molar-refractivity contribution >= 4 is 11.9 Å². The van der Waals surface area contributed by atoms with Crippen LogP contribution in [-0.4, -0.2) is 44.6 Å². The van der Waals surface area contributed by atoms with Crippen LogP contribution >= 0.6 is 0 Å². The average molecular weight is 371 g/mol. The molecule has 6 nitrogen and oxygen atoms in total. The molecule has 4 N–H and O–H groups in total. The minimum absolute atomic E-state index is 0. The number of rotatable bonds is 3. The van der Waals surface area contributed by atoms with Crippen molar-refractivity contribution in [3.05, 3.63) is 0 Å². The third kappa shape index (κ3) is 6.15. The van der Waals surface area contributed by atoms with Crippen molar-refractivity contribution in [2.45, 2.75) is 12.2 Å². The Morgan fingerprint density at radius 3 is 1.25 bits per heavy atom. The maximum Gasteiger partial charge on any atom is 1.00 e. The van der Waals surface area contributed by atoms with Gasteiger partial charge >= 0.3 is 41.5 Å². The third-order valence-corrected chi connectivity index (χ3v) is 0.805. The van der Waals surface area contributed by atoms with Crippen molar-refractivity contribution in [3.8, 4) is 0 Å². The van der Waals surface area contributed by atoms with E-state index in [9.17, 15) is 9.59 Å². The summed E-state index contributed by atoms with van der Waals surface area (Å²) in [6, 6.07) is 0. The fraction of sp³-hybridized carbons (Fsp3) is 0.500. The van der Waals surface area contributed by atoms with E-state index >= 15 is 0 Å². The Bertz CT molecular complexity index is 149. The Morgan fingerprint density at radius 1 is 1.00 bits per heavy atom. The van der Waals surface area contributed by atoms with Gasteiger partial charge in [-0.1, -0.05) is 0 Å². The maximum absolute atomic E-state index is 9.77. The number of hydrogen-bond acceptors (Lipinski definition) is 4.